The minimum atomic E-state index is -1.46. The van der Waals surface area contributed by atoms with Crippen LogP contribution in [-0.2, 0) is 5.79 Å². The van der Waals surface area contributed by atoms with Crippen molar-refractivity contribution in [2.24, 2.45) is 5.92 Å². The summed E-state index contributed by atoms with van der Waals surface area (Å²) in [4.78, 5) is 11.8. The number of rotatable bonds is 2. The fourth-order valence-electron chi connectivity index (χ4n) is 6.80. The van der Waals surface area contributed by atoms with Gasteiger partial charge >= 0.3 is 0 Å². The first-order valence-electron chi connectivity index (χ1n) is 13.1. The van der Waals surface area contributed by atoms with E-state index in [1.54, 1.807) is 30.3 Å². The Morgan fingerprint density at radius 1 is 0.949 bits per heavy atom. The van der Waals surface area contributed by atoms with E-state index in [0.29, 0.717) is 40.2 Å². The smallest absolute Gasteiger partial charge is 0.285 e. The van der Waals surface area contributed by atoms with E-state index in [-0.39, 0.29) is 40.6 Å². The summed E-state index contributed by atoms with van der Waals surface area (Å²) in [7, 11) is 0. The number of ether oxygens (including phenoxy) is 3. The van der Waals surface area contributed by atoms with Gasteiger partial charge in [-0.05, 0) is 75.2 Å². The molecule has 0 fully saturated rings. The Kier molecular flexibility index (Phi) is 4.75. The van der Waals surface area contributed by atoms with E-state index < -0.39 is 11.4 Å². The first-order chi connectivity index (χ1) is 18.6. The van der Waals surface area contributed by atoms with Crippen LogP contribution in [0.25, 0.3) is 6.08 Å². The SMILES string of the molecule is CC1=C[C@@H]2c3c(O)cc(C=O)cc3O[C@]3(c4ccc(O)c5c4OC(C)(C)C=C5)Oc4cc(O)ccc4[C@H](C1)[C@@H]23. The van der Waals surface area contributed by atoms with Gasteiger partial charge in [0.15, 0.2) is 0 Å². The molecule has 3 heterocycles. The van der Waals surface area contributed by atoms with Crippen LogP contribution >= 0.6 is 0 Å². The van der Waals surface area contributed by atoms with E-state index in [4.69, 9.17) is 14.2 Å². The van der Waals surface area contributed by atoms with Gasteiger partial charge in [-0.25, -0.2) is 0 Å². The topological polar surface area (TPSA) is 105 Å². The highest BCUT2D eigenvalue weighted by molar-refractivity contribution is 5.78. The van der Waals surface area contributed by atoms with Crippen molar-refractivity contribution in [2.45, 2.75) is 50.4 Å². The number of aromatic hydroxyl groups is 3. The van der Waals surface area contributed by atoms with E-state index in [1.165, 1.54) is 6.07 Å². The Balaban J connectivity index is 1.57. The van der Waals surface area contributed by atoms with Gasteiger partial charge < -0.3 is 29.5 Å². The van der Waals surface area contributed by atoms with Crippen LogP contribution in [0, 0.1) is 5.92 Å². The molecule has 4 aliphatic rings. The molecule has 7 heteroatoms. The van der Waals surface area contributed by atoms with Crippen LogP contribution in [0.3, 0.4) is 0 Å². The summed E-state index contributed by atoms with van der Waals surface area (Å²) in [5, 5.41) is 32.3. The third-order valence-electron chi connectivity index (χ3n) is 8.36. The zero-order valence-corrected chi connectivity index (χ0v) is 21.8. The molecule has 0 aromatic heterocycles. The Morgan fingerprint density at radius 2 is 1.74 bits per heavy atom. The average molecular weight is 525 g/mol. The van der Waals surface area contributed by atoms with E-state index >= 15 is 0 Å². The summed E-state index contributed by atoms with van der Waals surface area (Å²) < 4.78 is 20.1. The van der Waals surface area contributed by atoms with Crippen LogP contribution in [0.1, 0.15) is 71.6 Å². The lowest BCUT2D eigenvalue weighted by atomic mass is 9.61. The molecular weight excluding hydrogens is 496 g/mol. The first kappa shape index (κ1) is 23.7. The van der Waals surface area contributed by atoms with Gasteiger partial charge in [-0.2, -0.15) is 0 Å². The molecule has 0 radical (unpaired) electrons. The van der Waals surface area contributed by atoms with Crippen LogP contribution in [0.2, 0.25) is 0 Å². The normalized spacial score (nSPS) is 26.8. The lowest BCUT2D eigenvalue weighted by molar-refractivity contribution is -0.198. The maximum Gasteiger partial charge on any atom is 0.285 e. The zero-order chi connectivity index (χ0) is 27.3. The molecule has 0 amide bonds. The van der Waals surface area contributed by atoms with E-state index in [1.807, 2.05) is 32.1 Å². The van der Waals surface area contributed by atoms with Crippen LogP contribution in [0.15, 0.2) is 60.2 Å². The molecule has 1 aliphatic carbocycles. The summed E-state index contributed by atoms with van der Waals surface area (Å²) in [6.45, 7) is 5.92. The fraction of sp³-hybridized carbons (Fsp3) is 0.281. The molecule has 3 aliphatic heterocycles. The third kappa shape index (κ3) is 3.32. The standard InChI is InChI=1S/C32H28O7/c1-16-10-21-19-5-4-18(34)14-26(19)37-32(23-6-7-24(35)20-8-9-31(2,3)39-30(20)23)29(21)22(11-16)28-25(36)12-17(15-33)13-27(28)38-32/h4-9,11-15,21-22,29,34-36H,10H2,1-3H3/t21-,22+,29-,32-/m0/s1. The molecular formula is C32H28O7. The zero-order valence-electron chi connectivity index (χ0n) is 21.8. The van der Waals surface area contributed by atoms with Crippen LogP contribution in [0.5, 0.6) is 34.5 Å². The number of hydrogen-bond donors (Lipinski definition) is 3. The number of allylic oxidation sites excluding steroid dienone is 2. The highest BCUT2D eigenvalue weighted by atomic mass is 16.7. The first-order valence-corrected chi connectivity index (χ1v) is 13.1. The van der Waals surface area contributed by atoms with Gasteiger partial charge in [-0.3, -0.25) is 4.79 Å². The maximum atomic E-state index is 11.8. The number of phenols is 3. The van der Waals surface area contributed by atoms with E-state index in [2.05, 4.69) is 13.0 Å². The highest BCUT2D eigenvalue weighted by Crippen LogP contribution is 2.65. The summed E-state index contributed by atoms with van der Waals surface area (Å²) in [6, 6.07) is 11.6. The molecule has 4 atom stereocenters. The minimum absolute atomic E-state index is 0.0116. The molecule has 0 bridgehead atoms. The maximum absolute atomic E-state index is 11.8. The molecule has 7 rings (SSSR count). The molecule has 3 aromatic rings. The second-order valence-corrected chi connectivity index (χ2v) is 11.5. The van der Waals surface area contributed by atoms with Crippen molar-refractivity contribution in [1.82, 2.24) is 0 Å². The van der Waals surface area contributed by atoms with Gasteiger partial charge in [0.1, 0.15) is 46.4 Å². The average Bonchev–Trinajstić information content (AvgIpc) is 2.87. The van der Waals surface area contributed by atoms with Crippen LogP contribution < -0.4 is 14.2 Å². The Hall–Kier alpha value is -4.39. The summed E-state index contributed by atoms with van der Waals surface area (Å²) in [5.74, 6) is -0.835. The Labute approximate surface area is 225 Å². The molecule has 0 unspecified atom stereocenters. The summed E-state index contributed by atoms with van der Waals surface area (Å²) in [5.41, 5.74) is 3.40. The van der Waals surface area contributed by atoms with Gasteiger partial charge in [0.05, 0.1) is 17.0 Å². The number of benzene rings is 3. The predicted molar refractivity (Wildman–Crippen MR) is 144 cm³/mol. The number of aldehydes is 1. The molecule has 7 nitrogen and oxygen atoms in total. The van der Waals surface area contributed by atoms with Crippen molar-refractivity contribution in [3.8, 4) is 34.5 Å². The molecule has 198 valence electrons. The number of phenolic OH excluding ortho intramolecular Hbond substituents is 3. The van der Waals surface area contributed by atoms with E-state index in [9.17, 15) is 20.1 Å². The van der Waals surface area contributed by atoms with Gasteiger partial charge in [0, 0.05) is 29.0 Å². The molecule has 0 spiro atoms. The fourth-order valence-corrected chi connectivity index (χ4v) is 6.80. The van der Waals surface area contributed by atoms with Crippen LogP contribution in [-0.4, -0.2) is 27.2 Å². The molecule has 3 N–H and O–H groups in total. The van der Waals surface area contributed by atoms with Crippen molar-refractivity contribution >= 4 is 12.4 Å². The van der Waals surface area contributed by atoms with Gasteiger partial charge in [-0.15, -0.1) is 0 Å². The largest absolute Gasteiger partial charge is 0.508 e. The van der Waals surface area contributed by atoms with Gasteiger partial charge in [-0.1, -0.05) is 17.7 Å². The third-order valence-corrected chi connectivity index (χ3v) is 8.36. The lowest BCUT2D eigenvalue weighted by Crippen LogP contribution is -2.56. The monoisotopic (exact) mass is 524 g/mol. The quantitative estimate of drug-likeness (QED) is 0.268. The van der Waals surface area contributed by atoms with Gasteiger partial charge in [0.2, 0.25) is 0 Å². The predicted octanol–water partition coefficient (Wildman–Crippen LogP) is 6.27. The number of fused-ring (bicyclic) bond motifs is 5. The summed E-state index contributed by atoms with van der Waals surface area (Å²) in [6.07, 6.45) is 7.26. The molecule has 39 heavy (non-hydrogen) atoms. The number of carbonyl (C=O) groups is 1. The second-order valence-electron chi connectivity index (χ2n) is 11.5. The Bertz CT molecular complexity index is 1630. The molecule has 0 saturated carbocycles. The van der Waals surface area contributed by atoms with Crippen molar-refractivity contribution in [2.75, 3.05) is 0 Å². The highest BCUT2D eigenvalue weighted by Gasteiger charge is 2.62. The Morgan fingerprint density at radius 3 is 2.54 bits per heavy atom. The number of carbonyl (C=O) groups excluding carboxylic acids is 1. The van der Waals surface area contributed by atoms with Crippen molar-refractivity contribution in [3.05, 3.63) is 88.0 Å². The summed E-state index contributed by atoms with van der Waals surface area (Å²) >= 11 is 0. The molecule has 0 saturated heterocycles. The van der Waals surface area contributed by atoms with Crippen molar-refractivity contribution < 1.29 is 34.3 Å². The minimum Gasteiger partial charge on any atom is -0.508 e. The molecule has 3 aromatic carbocycles. The number of hydrogen-bond acceptors (Lipinski definition) is 7. The van der Waals surface area contributed by atoms with Crippen molar-refractivity contribution in [3.63, 3.8) is 0 Å². The van der Waals surface area contributed by atoms with E-state index in [0.717, 1.165) is 17.6 Å². The van der Waals surface area contributed by atoms with Gasteiger partial charge in [0.25, 0.3) is 5.79 Å². The second kappa shape index (κ2) is 7.82. The van der Waals surface area contributed by atoms with Crippen molar-refractivity contribution in [1.29, 1.82) is 0 Å². The van der Waals surface area contributed by atoms with Crippen LogP contribution in [0.4, 0.5) is 0 Å². The lowest BCUT2D eigenvalue weighted by Gasteiger charge is -2.55.